The number of rotatable bonds is 1. The van der Waals surface area contributed by atoms with Gasteiger partial charge in [-0.3, -0.25) is 24.3 Å². The first-order valence-electron chi connectivity index (χ1n) is 5.76. The number of imide groups is 1. The number of fused-ring (bicyclic) bond motifs is 1. The number of halogens is 2. The molecule has 3 N–H and O–H groups in total. The van der Waals surface area contributed by atoms with Crippen LogP contribution in [0.1, 0.15) is 20.7 Å². The van der Waals surface area contributed by atoms with Crippen molar-refractivity contribution in [2.75, 3.05) is 5.73 Å². The van der Waals surface area contributed by atoms with E-state index in [9.17, 15) is 23.2 Å². The largest absolute Gasteiger partial charge is 0.384 e. The highest BCUT2D eigenvalue weighted by atomic mass is 19.1. The first-order valence-corrected chi connectivity index (χ1v) is 5.76. The van der Waals surface area contributed by atoms with E-state index in [4.69, 9.17) is 5.73 Å². The maximum atomic E-state index is 13.3. The van der Waals surface area contributed by atoms with Crippen molar-refractivity contribution in [3.63, 3.8) is 0 Å². The fourth-order valence-corrected chi connectivity index (χ4v) is 2.21. The van der Waals surface area contributed by atoms with Gasteiger partial charge in [0.25, 0.3) is 17.4 Å². The van der Waals surface area contributed by atoms with Crippen LogP contribution in [0.5, 0.6) is 0 Å². The summed E-state index contributed by atoms with van der Waals surface area (Å²) in [5, 5.41) is 1.99. The average molecular weight is 291 g/mol. The predicted molar refractivity (Wildman–Crippen MR) is 68.2 cm³/mol. The maximum absolute atomic E-state index is 13.3. The van der Waals surface area contributed by atoms with Crippen LogP contribution in [0.3, 0.4) is 0 Å². The molecule has 2 heterocycles. The lowest BCUT2D eigenvalue weighted by molar-refractivity contribution is 0.0880. The molecule has 21 heavy (non-hydrogen) atoms. The number of nitrogens with two attached hydrogens (primary N) is 1. The monoisotopic (exact) mass is 291 g/mol. The fraction of sp³-hybridized carbons (Fsp3) is 0. The van der Waals surface area contributed by atoms with Gasteiger partial charge in [-0.25, -0.2) is 8.78 Å². The van der Waals surface area contributed by atoms with E-state index in [1.165, 1.54) is 0 Å². The lowest BCUT2D eigenvalue weighted by Gasteiger charge is -2.12. The third kappa shape index (κ3) is 1.88. The van der Waals surface area contributed by atoms with Crippen molar-refractivity contribution in [1.82, 2.24) is 9.88 Å². The molecule has 1 aromatic heterocycles. The number of pyridine rings is 1. The molecule has 1 aliphatic rings. The van der Waals surface area contributed by atoms with Gasteiger partial charge >= 0.3 is 0 Å². The molecule has 2 amide bonds. The van der Waals surface area contributed by atoms with Crippen LogP contribution in [0.4, 0.5) is 14.6 Å². The van der Waals surface area contributed by atoms with Crippen LogP contribution in [0, 0.1) is 11.6 Å². The summed E-state index contributed by atoms with van der Waals surface area (Å²) in [4.78, 5) is 35.2. The summed E-state index contributed by atoms with van der Waals surface area (Å²) in [7, 11) is 0. The summed E-state index contributed by atoms with van der Waals surface area (Å²) < 4.78 is 27.3. The van der Waals surface area contributed by atoms with Crippen molar-refractivity contribution in [2.45, 2.75) is 0 Å². The van der Waals surface area contributed by atoms with E-state index in [-0.39, 0.29) is 22.6 Å². The lowest BCUT2D eigenvalue weighted by Crippen LogP contribution is -2.24. The smallest absolute Gasteiger partial charge is 0.262 e. The topological polar surface area (TPSA) is 94.2 Å². The zero-order chi connectivity index (χ0) is 15.3. The van der Waals surface area contributed by atoms with E-state index in [0.717, 1.165) is 22.8 Å². The molecule has 6 nitrogen and oxygen atoms in total. The zero-order valence-electron chi connectivity index (χ0n) is 10.3. The molecule has 1 aromatic carbocycles. The summed E-state index contributed by atoms with van der Waals surface area (Å²) in [5.74, 6) is -3.67. The summed E-state index contributed by atoms with van der Waals surface area (Å²) in [5.41, 5.74) is 4.43. The molecule has 0 atom stereocenters. The molecule has 8 heteroatoms. The third-order valence-electron chi connectivity index (χ3n) is 3.06. The second-order valence-electron chi connectivity index (χ2n) is 4.40. The number of hydrogen-bond acceptors (Lipinski definition) is 4. The first-order chi connectivity index (χ1) is 9.88. The standard InChI is InChI=1S/C13H7F2N3O3/c14-5-1-6(15)3-7(2-5)18-9(19)4-8-10(11(18)16)13(21)17-12(8)20/h1-4H,16H2,(H,17,20,21). The number of hydrogen-bond donors (Lipinski definition) is 2. The Morgan fingerprint density at radius 2 is 1.57 bits per heavy atom. The molecule has 2 aromatic rings. The first kappa shape index (κ1) is 13.0. The summed E-state index contributed by atoms with van der Waals surface area (Å²) in [6.07, 6.45) is 0. The maximum Gasteiger partial charge on any atom is 0.262 e. The van der Waals surface area contributed by atoms with E-state index < -0.39 is 29.0 Å². The number of nitrogen functional groups attached to an aromatic ring is 1. The molecule has 3 rings (SSSR count). The number of nitrogens with one attached hydrogen (secondary N) is 1. The number of carbonyl (C=O) groups excluding carboxylic acids is 2. The van der Waals surface area contributed by atoms with E-state index in [1.807, 2.05) is 5.32 Å². The molecular formula is C13H7F2N3O3. The van der Waals surface area contributed by atoms with Crippen LogP contribution in [0.15, 0.2) is 29.1 Å². The number of benzene rings is 1. The number of carbonyl (C=O) groups is 2. The highest BCUT2D eigenvalue weighted by Crippen LogP contribution is 2.23. The van der Waals surface area contributed by atoms with E-state index in [0.29, 0.717) is 6.07 Å². The molecule has 1 aliphatic heterocycles. The molecule has 0 aliphatic carbocycles. The molecule has 0 saturated heterocycles. The molecular weight excluding hydrogens is 284 g/mol. The second-order valence-corrected chi connectivity index (χ2v) is 4.40. The lowest BCUT2D eigenvalue weighted by atomic mass is 10.1. The number of amides is 2. The Morgan fingerprint density at radius 3 is 2.19 bits per heavy atom. The summed E-state index contributed by atoms with van der Waals surface area (Å²) >= 11 is 0. The minimum absolute atomic E-state index is 0.157. The van der Waals surface area contributed by atoms with Gasteiger partial charge in [0, 0.05) is 12.1 Å². The average Bonchev–Trinajstić information content (AvgIpc) is 2.63. The van der Waals surface area contributed by atoms with Gasteiger partial charge in [-0.1, -0.05) is 0 Å². The fourth-order valence-electron chi connectivity index (χ4n) is 2.21. The minimum atomic E-state index is -0.905. The van der Waals surface area contributed by atoms with Gasteiger partial charge in [-0.2, -0.15) is 0 Å². The zero-order valence-corrected chi connectivity index (χ0v) is 10.3. The van der Waals surface area contributed by atoms with Crippen LogP contribution in [-0.4, -0.2) is 16.4 Å². The number of anilines is 1. The molecule has 0 spiro atoms. The van der Waals surface area contributed by atoms with Crippen molar-refractivity contribution in [2.24, 2.45) is 0 Å². The Kier molecular flexibility index (Phi) is 2.62. The Hall–Kier alpha value is -3.03. The van der Waals surface area contributed by atoms with Crippen LogP contribution >= 0.6 is 0 Å². The van der Waals surface area contributed by atoms with Gasteiger partial charge in [0.2, 0.25) is 0 Å². The normalized spacial score (nSPS) is 13.2. The Labute approximate surface area is 115 Å². The van der Waals surface area contributed by atoms with Crippen molar-refractivity contribution in [3.05, 3.63) is 57.4 Å². The van der Waals surface area contributed by atoms with Crippen LogP contribution in [0.2, 0.25) is 0 Å². The van der Waals surface area contributed by atoms with Crippen LogP contribution < -0.4 is 16.6 Å². The van der Waals surface area contributed by atoms with Crippen molar-refractivity contribution in [3.8, 4) is 5.69 Å². The third-order valence-corrected chi connectivity index (χ3v) is 3.06. The molecule has 0 unspecified atom stereocenters. The van der Waals surface area contributed by atoms with E-state index in [1.54, 1.807) is 0 Å². The number of aromatic nitrogens is 1. The molecule has 0 bridgehead atoms. The predicted octanol–water partition coefficient (Wildman–Crippen LogP) is 0.582. The van der Waals surface area contributed by atoms with Gasteiger partial charge in [0.05, 0.1) is 16.8 Å². The highest BCUT2D eigenvalue weighted by molar-refractivity contribution is 6.23. The molecule has 0 fully saturated rings. The van der Waals surface area contributed by atoms with Crippen LogP contribution in [-0.2, 0) is 0 Å². The van der Waals surface area contributed by atoms with Gasteiger partial charge in [-0.05, 0) is 12.1 Å². The van der Waals surface area contributed by atoms with Gasteiger partial charge in [-0.15, -0.1) is 0 Å². The van der Waals surface area contributed by atoms with Gasteiger partial charge in [0.15, 0.2) is 0 Å². The number of nitrogens with zero attached hydrogens (tertiary/aromatic N) is 1. The second kappa shape index (κ2) is 4.23. The highest BCUT2D eigenvalue weighted by Gasteiger charge is 2.31. The summed E-state index contributed by atoms with van der Waals surface area (Å²) in [6.45, 7) is 0. The van der Waals surface area contributed by atoms with Crippen molar-refractivity contribution in [1.29, 1.82) is 0 Å². The quantitative estimate of drug-likeness (QED) is 0.751. The van der Waals surface area contributed by atoms with Crippen LogP contribution in [0.25, 0.3) is 5.69 Å². The summed E-state index contributed by atoms with van der Waals surface area (Å²) in [6, 6.07) is 3.31. The van der Waals surface area contributed by atoms with Gasteiger partial charge < -0.3 is 5.73 Å². The SMILES string of the molecule is Nc1c2c(cc(=O)n1-c1cc(F)cc(F)c1)C(=O)NC2=O. The Morgan fingerprint density at radius 1 is 0.952 bits per heavy atom. The molecule has 106 valence electrons. The van der Waals surface area contributed by atoms with Gasteiger partial charge in [0.1, 0.15) is 17.5 Å². The minimum Gasteiger partial charge on any atom is -0.384 e. The molecule has 0 radical (unpaired) electrons. The van der Waals surface area contributed by atoms with Crippen molar-refractivity contribution >= 4 is 17.6 Å². The Bertz CT molecular complexity index is 853. The Balaban J connectivity index is 2.35. The van der Waals surface area contributed by atoms with E-state index >= 15 is 0 Å². The van der Waals surface area contributed by atoms with Crippen molar-refractivity contribution < 1.29 is 18.4 Å². The molecule has 0 saturated carbocycles. The van der Waals surface area contributed by atoms with E-state index in [2.05, 4.69) is 0 Å².